The van der Waals surface area contributed by atoms with Gasteiger partial charge in [-0.2, -0.15) is 0 Å². The molecule has 0 amide bonds. The Morgan fingerprint density at radius 2 is 1.95 bits per heavy atom. The normalized spacial score (nSPS) is 15.7. The van der Waals surface area contributed by atoms with E-state index in [0.717, 1.165) is 30.5 Å². The molecule has 0 saturated heterocycles. The van der Waals surface area contributed by atoms with E-state index >= 15 is 0 Å². The van der Waals surface area contributed by atoms with Crippen molar-refractivity contribution in [2.45, 2.75) is 38.6 Å². The van der Waals surface area contributed by atoms with E-state index in [1.807, 2.05) is 12.1 Å². The van der Waals surface area contributed by atoms with Crippen molar-refractivity contribution in [3.8, 4) is 11.5 Å². The van der Waals surface area contributed by atoms with Crippen LogP contribution in [0.3, 0.4) is 0 Å². The van der Waals surface area contributed by atoms with Crippen LogP contribution >= 0.6 is 0 Å². The number of benzene rings is 1. The Kier molecular flexibility index (Phi) is 5.52. The third-order valence-corrected chi connectivity index (χ3v) is 4.01. The topological polar surface area (TPSA) is 30.5 Å². The SMILES string of the molecule is COc1ccc(CNCCC2CCCC2)c(OC)c1. The van der Waals surface area contributed by atoms with Gasteiger partial charge in [-0.3, -0.25) is 0 Å². The lowest BCUT2D eigenvalue weighted by atomic mass is 10.0. The van der Waals surface area contributed by atoms with Gasteiger partial charge in [0.25, 0.3) is 0 Å². The molecule has 106 valence electrons. The van der Waals surface area contributed by atoms with Crippen molar-refractivity contribution < 1.29 is 9.47 Å². The standard InChI is InChI=1S/C16H25NO2/c1-18-15-8-7-14(16(11-15)19-2)12-17-10-9-13-5-3-4-6-13/h7-8,11,13,17H,3-6,9-10,12H2,1-2H3. The summed E-state index contributed by atoms with van der Waals surface area (Å²) < 4.78 is 10.6. The Hall–Kier alpha value is -1.22. The van der Waals surface area contributed by atoms with Crippen LogP contribution in [0.4, 0.5) is 0 Å². The molecule has 0 atom stereocenters. The summed E-state index contributed by atoms with van der Waals surface area (Å²) >= 11 is 0. The molecular formula is C16H25NO2. The summed E-state index contributed by atoms with van der Waals surface area (Å²) in [6.07, 6.45) is 7.01. The monoisotopic (exact) mass is 263 g/mol. The Morgan fingerprint density at radius 3 is 2.63 bits per heavy atom. The molecule has 0 aliphatic heterocycles. The van der Waals surface area contributed by atoms with E-state index in [9.17, 15) is 0 Å². The molecule has 0 unspecified atom stereocenters. The number of rotatable bonds is 7. The van der Waals surface area contributed by atoms with Gasteiger partial charge in [-0.05, 0) is 24.9 Å². The molecule has 0 heterocycles. The van der Waals surface area contributed by atoms with Crippen LogP contribution in [0.25, 0.3) is 0 Å². The molecule has 1 aliphatic carbocycles. The lowest BCUT2D eigenvalue weighted by Gasteiger charge is -2.13. The molecular weight excluding hydrogens is 238 g/mol. The van der Waals surface area contributed by atoms with Crippen molar-refractivity contribution in [2.24, 2.45) is 5.92 Å². The first-order valence-electron chi connectivity index (χ1n) is 7.25. The fourth-order valence-electron chi connectivity index (χ4n) is 2.83. The molecule has 1 aromatic carbocycles. The highest BCUT2D eigenvalue weighted by Gasteiger charge is 2.14. The molecule has 3 heteroatoms. The molecule has 0 spiro atoms. The number of ether oxygens (including phenoxy) is 2. The zero-order valence-electron chi connectivity index (χ0n) is 12.1. The van der Waals surface area contributed by atoms with E-state index in [-0.39, 0.29) is 0 Å². The summed E-state index contributed by atoms with van der Waals surface area (Å²) in [4.78, 5) is 0. The van der Waals surface area contributed by atoms with E-state index in [2.05, 4.69) is 11.4 Å². The summed E-state index contributed by atoms with van der Waals surface area (Å²) in [5.41, 5.74) is 1.19. The highest BCUT2D eigenvalue weighted by atomic mass is 16.5. The molecule has 0 radical (unpaired) electrons. The molecule has 0 bridgehead atoms. The quantitative estimate of drug-likeness (QED) is 0.765. The number of nitrogens with one attached hydrogen (secondary N) is 1. The van der Waals surface area contributed by atoms with Crippen LogP contribution in [-0.4, -0.2) is 20.8 Å². The second kappa shape index (κ2) is 7.39. The fraction of sp³-hybridized carbons (Fsp3) is 0.625. The Balaban J connectivity index is 1.78. The molecule has 3 nitrogen and oxygen atoms in total. The highest BCUT2D eigenvalue weighted by molar-refractivity contribution is 5.40. The van der Waals surface area contributed by atoms with E-state index in [0.29, 0.717) is 0 Å². The van der Waals surface area contributed by atoms with Gasteiger partial charge in [0.15, 0.2) is 0 Å². The maximum Gasteiger partial charge on any atom is 0.127 e. The third kappa shape index (κ3) is 4.13. The van der Waals surface area contributed by atoms with Crippen molar-refractivity contribution in [2.75, 3.05) is 20.8 Å². The molecule has 1 aromatic rings. The van der Waals surface area contributed by atoms with E-state index in [4.69, 9.17) is 9.47 Å². The summed E-state index contributed by atoms with van der Waals surface area (Å²) in [6, 6.07) is 5.99. The Morgan fingerprint density at radius 1 is 1.16 bits per heavy atom. The minimum atomic E-state index is 0.839. The first-order valence-corrected chi connectivity index (χ1v) is 7.25. The lowest BCUT2D eigenvalue weighted by molar-refractivity contribution is 0.389. The molecule has 2 rings (SSSR count). The smallest absolute Gasteiger partial charge is 0.127 e. The van der Waals surface area contributed by atoms with Crippen LogP contribution < -0.4 is 14.8 Å². The Labute approximate surface area is 116 Å². The fourth-order valence-corrected chi connectivity index (χ4v) is 2.83. The average molecular weight is 263 g/mol. The number of methoxy groups -OCH3 is 2. The van der Waals surface area contributed by atoms with E-state index < -0.39 is 0 Å². The molecule has 0 aromatic heterocycles. The predicted octanol–water partition coefficient (Wildman–Crippen LogP) is 3.37. The van der Waals surface area contributed by atoms with Crippen LogP contribution in [0.15, 0.2) is 18.2 Å². The summed E-state index contributed by atoms with van der Waals surface area (Å²) in [5, 5.41) is 3.52. The number of hydrogen-bond acceptors (Lipinski definition) is 3. The molecule has 19 heavy (non-hydrogen) atoms. The van der Waals surface area contributed by atoms with Gasteiger partial charge in [-0.1, -0.05) is 31.7 Å². The second-order valence-corrected chi connectivity index (χ2v) is 5.29. The average Bonchev–Trinajstić information content (AvgIpc) is 2.96. The zero-order valence-corrected chi connectivity index (χ0v) is 12.1. The largest absolute Gasteiger partial charge is 0.497 e. The van der Waals surface area contributed by atoms with Gasteiger partial charge in [0.05, 0.1) is 14.2 Å². The summed E-state index contributed by atoms with van der Waals surface area (Å²) in [6.45, 7) is 1.96. The minimum Gasteiger partial charge on any atom is -0.497 e. The summed E-state index contributed by atoms with van der Waals surface area (Å²) in [5.74, 6) is 2.68. The van der Waals surface area contributed by atoms with Crippen molar-refractivity contribution in [3.05, 3.63) is 23.8 Å². The molecule has 1 N–H and O–H groups in total. The van der Waals surface area contributed by atoms with Crippen LogP contribution in [0, 0.1) is 5.92 Å². The molecule has 1 fully saturated rings. The lowest BCUT2D eigenvalue weighted by Crippen LogP contribution is -2.17. The summed E-state index contributed by atoms with van der Waals surface area (Å²) in [7, 11) is 3.38. The van der Waals surface area contributed by atoms with Gasteiger partial charge in [-0.15, -0.1) is 0 Å². The Bertz CT molecular complexity index is 386. The zero-order chi connectivity index (χ0) is 13.5. The van der Waals surface area contributed by atoms with Gasteiger partial charge in [0.1, 0.15) is 11.5 Å². The van der Waals surface area contributed by atoms with Gasteiger partial charge >= 0.3 is 0 Å². The van der Waals surface area contributed by atoms with Crippen LogP contribution in [-0.2, 0) is 6.54 Å². The first-order chi connectivity index (χ1) is 9.33. The van der Waals surface area contributed by atoms with Gasteiger partial charge in [0, 0.05) is 18.2 Å². The number of hydrogen-bond donors (Lipinski definition) is 1. The van der Waals surface area contributed by atoms with Gasteiger partial charge in [0.2, 0.25) is 0 Å². The maximum absolute atomic E-state index is 5.40. The minimum absolute atomic E-state index is 0.839. The molecule has 1 aliphatic rings. The van der Waals surface area contributed by atoms with Crippen LogP contribution in [0.2, 0.25) is 0 Å². The van der Waals surface area contributed by atoms with Gasteiger partial charge < -0.3 is 14.8 Å². The van der Waals surface area contributed by atoms with Crippen LogP contribution in [0.1, 0.15) is 37.7 Å². The van der Waals surface area contributed by atoms with E-state index in [1.54, 1.807) is 14.2 Å². The predicted molar refractivity (Wildman–Crippen MR) is 77.8 cm³/mol. The maximum atomic E-state index is 5.40. The first kappa shape index (κ1) is 14.2. The second-order valence-electron chi connectivity index (χ2n) is 5.29. The van der Waals surface area contributed by atoms with Crippen molar-refractivity contribution in [1.29, 1.82) is 0 Å². The van der Waals surface area contributed by atoms with Crippen molar-refractivity contribution in [1.82, 2.24) is 5.32 Å². The third-order valence-electron chi connectivity index (χ3n) is 4.01. The molecule has 1 saturated carbocycles. The van der Waals surface area contributed by atoms with Crippen LogP contribution in [0.5, 0.6) is 11.5 Å². The highest BCUT2D eigenvalue weighted by Crippen LogP contribution is 2.27. The van der Waals surface area contributed by atoms with Crippen molar-refractivity contribution in [3.63, 3.8) is 0 Å². The van der Waals surface area contributed by atoms with Crippen molar-refractivity contribution >= 4 is 0 Å². The van der Waals surface area contributed by atoms with Gasteiger partial charge in [-0.25, -0.2) is 0 Å². The van der Waals surface area contributed by atoms with E-state index in [1.165, 1.54) is 37.7 Å².